The van der Waals surface area contributed by atoms with E-state index < -0.39 is 0 Å². The van der Waals surface area contributed by atoms with E-state index in [1.165, 1.54) is 4.90 Å². The number of carbonyl (C=O) groups excluding carboxylic acids is 3. The Labute approximate surface area is 157 Å². The molecule has 7 heteroatoms. The third-order valence-electron chi connectivity index (χ3n) is 4.64. The van der Waals surface area contributed by atoms with Crippen LogP contribution < -0.4 is 10.1 Å². The lowest BCUT2D eigenvalue weighted by atomic mass is 9.94. The number of aryl methyl sites for hydroxylation is 1. The lowest BCUT2D eigenvalue weighted by Crippen LogP contribution is -2.27. The molecule has 3 rings (SSSR count). The van der Waals surface area contributed by atoms with Crippen molar-refractivity contribution in [2.45, 2.75) is 26.2 Å². The molecule has 0 fully saturated rings. The summed E-state index contributed by atoms with van der Waals surface area (Å²) < 4.78 is 5.41. The van der Waals surface area contributed by atoms with Crippen LogP contribution in [0.1, 0.15) is 44.9 Å². The molecular weight excluding hydrogens is 346 g/mol. The molecule has 0 atom stereocenters. The number of amides is 2. The number of hydrogen-bond donors (Lipinski definition) is 2. The van der Waals surface area contributed by atoms with E-state index in [-0.39, 0.29) is 24.2 Å². The van der Waals surface area contributed by atoms with Crippen molar-refractivity contribution in [1.29, 1.82) is 0 Å². The van der Waals surface area contributed by atoms with Gasteiger partial charge in [0.25, 0.3) is 11.8 Å². The molecule has 2 aromatic rings. The van der Waals surface area contributed by atoms with Crippen molar-refractivity contribution in [2.75, 3.05) is 26.0 Å². The van der Waals surface area contributed by atoms with Gasteiger partial charge in [-0.3, -0.25) is 14.4 Å². The van der Waals surface area contributed by atoms with Crippen molar-refractivity contribution in [3.8, 4) is 5.75 Å². The number of H-pyrrole nitrogens is 1. The van der Waals surface area contributed by atoms with E-state index >= 15 is 0 Å². The van der Waals surface area contributed by atoms with E-state index in [2.05, 4.69) is 10.3 Å². The average Bonchev–Trinajstić information content (AvgIpc) is 2.99. The Morgan fingerprint density at radius 2 is 1.89 bits per heavy atom. The second-order valence-corrected chi connectivity index (χ2v) is 6.81. The number of aromatic nitrogens is 1. The van der Waals surface area contributed by atoms with Crippen LogP contribution in [-0.2, 0) is 11.2 Å². The zero-order valence-corrected chi connectivity index (χ0v) is 15.7. The number of hydrogen-bond acceptors (Lipinski definition) is 4. The van der Waals surface area contributed by atoms with Crippen LogP contribution in [0.4, 0.5) is 5.69 Å². The van der Waals surface area contributed by atoms with Crippen molar-refractivity contribution in [2.24, 2.45) is 0 Å². The summed E-state index contributed by atoms with van der Waals surface area (Å²) in [7, 11) is 3.33. The molecule has 0 unspecified atom stereocenters. The number of carbonyl (C=O) groups is 3. The summed E-state index contributed by atoms with van der Waals surface area (Å²) in [6.45, 7) is 1.76. The van der Waals surface area contributed by atoms with Gasteiger partial charge in [-0.05, 0) is 49.6 Å². The number of nitrogens with zero attached hydrogens (tertiary/aromatic N) is 1. The number of aromatic amines is 1. The molecule has 0 bridgehead atoms. The number of benzene rings is 1. The Bertz CT molecular complexity index is 881. The van der Waals surface area contributed by atoms with Crippen molar-refractivity contribution in [3.05, 3.63) is 46.8 Å². The Kier molecular flexibility index (Phi) is 5.30. The van der Waals surface area contributed by atoms with Crippen molar-refractivity contribution >= 4 is 23.3 Å². The Hall–Kier alpha value is -3.09. The molecule has 0 saturated carbocycles. The first-order valence-electron chi connectivity index (χ1n) is 8.86. The molecule has 0 aliphatic heterocycles. The van der Waals surface area contributed by atoms with E-state index in [0.717, 1.165) is 18.5 Å². The summed E-state index contributed by atoms with van der Waals surface area (Å²) in [5.41, 5.74) is 3.25. The minimum atomic E-state index is -0.286. The number of ketones is 1. The highest BCUT2D eigenvalue weighted by molar-refractivity contribution is 6.08. The average molecular weight is 369 g/mol. The second kappa shape index (κ2) is 7.65. The van der Waals surface area contributed by atoms with Gasteiger partial charge in [0.1, 0.15) is 11.4 Å². The molecule has 142 valence electrons. The topological polar surface area (TPSA) is 91.5 Å². The highest BCUT2D eigenvalue weighted by atomic mass is 16.5. The number of ether oxygens (including phenoxy) is 1. The van der Waals surface area contributed by atoms with Gasteiger partial charge in [0, 0.05) is 37.5 Å². The van der Waals surface area contributed by atoms with Gasteiger partial charge < -0.3 is 19.9 Å². The van der Waals surface area contributed by atoms with Gasteiger partial charge in [0.15, 0.2) is 12.4 Å². The molecule has 0 spiro atoms. The predicted molar refractivity (Wildman–Crippen MR) is 101 cm³/mol. The molecular formula is C20H23N3O4. The first-order valence-corrected chi connectivity index (χ1v) is 8.86. The lowest BCUT2D eigenvalue weighted by molar-refractivity contribution is -0.130. The number of likely N-dealkylation sites (N-methyl/N-ethyl adjacent to an activating group) is 1. The molecule has 1 aliphatic rings. The van der Waals surface area contributed by atoms with E-state index in [0.29, 0.717) is 34.7 Å². The standard InChI is InChI=1S/C20H23N3O4/c1-12-18-15(5-4-6-16(18)24)22-19(12)20(26)21-13-7-9-14(10-8-13)27-11-17(25)23(2)3/h7-10,22H,4-6,11H2,1-3H3,(H,21,26). The summed E-state index contributed by atoms with van der Waals surface area (Å²) in [6.07, 6.45) is 2.13. The fourth-order valence-corrected chi connectivity index (χ4v) is 3.10. The van der Waals surface area contributed by atoms with Gasteiger partial charge in [-0.15, -0.1) is 0 Å². The molecule has 7 nitrogen and oxygen atoms in total. The van der Waals surface area contributed by atoms with Crippen LogP contribution in [-0.4, -0.2) is 48.2 Å². The van der Waals surface area contributed by atoms with E-state index in [1.807, 2.05) is 0 Å². The molecule has 27 heavy (non-hydrogen) atoms. The molecule has 0 radical (unpaired) electrons. The zero-order chi connectivity index (χ0) is 19.6. The quantitative estimate of drug-likeness (QED) is 0.847. The Balaban J connectivity index is 1.66. The van der Waals surface area contributed by atoms with Crippen LogP contribution in [0, 0.1) is 6.92 Å². The first-order chi connectivity index (χ1) is 12.9. The third-order valence-corrected chi connectivity index (χ3v) is 4.64. The molecule has 2 N–H and O–H groups in total. The second-order valence-electron chi connectivity index (χ2n) is 6.81. The first kappa shape index (κ1) is 18.7. The molecule has 0 saturated heterocycles. The van der Waals surface area contributed by atoms with Crippen molar-refractivity contribution in [1.82, 2.24) is 9.88 Å². The number of nitrogens with one attached hydrogen (secondary N) is 2. The van der Waals surface area contributed by atoms with Gasteiger partial charge in [-0.2, -0.15) is 0 Å². The third kappa shape index (κ3) is 4.02. The number of Topliss-reactive ketones (excluding diaryl/α,β-unsaturated/α-hetero) is 1. The molecule has 2 amide bonds. The summed E-state index contributed by atoms with van der Waals surface area (Å²) in [5.74, 6) is 0.220. The summed E-state index contributed by atoms with van der Waals surface area (Å²) >= 11 is 0. The van der Waals surface area contributed by atoms with Crippen LogP contribution in [0.3, 0.4) is 0 Å². The van der Waals surface area contributed by atoms with Gasteiger partial charge in [-0.1, -0.05) is 0 Å². The van der Waals surface area contributed by atoms with Crippen molar-refractivity contribution < 1.29 is 19.1 Å². The van der Waals surface area contributed by atoms with Crippen LogP contribution in [0.2, 0.25) is 0 Å². The van der Waals surface area contributed by atoms with E-state index in [9.17, 15) is 14.4 Å². The van der Waals surface area contributed by atoms with Gasteiger partial charge in [0.2, 0.25) is 0 Å². The normalized spacial score (nSPS) is 13.1. The Morgan fingerprint density at radius 1 is 1.19 bits per heavy atom. The van der Waals surface area contributed by atoms with Gasteiger partial charge in [0.05, 0.1) is 0 Å². The summed E-state index contributed by atoms with van der Waals surface area (Å²) in [5, 5.41) is 2.82. The minimum Gasteiger partial charge on any atom is -0.484 e. The SMILES string of the molecule is Cc1c(C(=O)Nc2ccc(OCC(=O)N(C)C)cc2)[nH]c2c1C(=O)CCC2. The maximum atomic E-state index is 12.6. The number of rotatable bonds is 5. The minimum absolute atomic E-state index is 0.0417. The molecule has 1 aromatic carbocycles. The number of fused-ring (bicyclic) bond motifs is 1. The molecule has 1 aliphatic carbocycles. The lowest BCUT2D eigenvalue weighted by Gasteiger charge is -2.11. The zero-order valence-electron chi connectivity index (χ0n) is 15.7. The molecule has 1 heterocycles. The fraction of sp³-hybridized carbons (Fsp3) is 0.350. The largest absolute Gasteiger partial charge is 0.484 e. The Morgan fingerprint density at radius 3 is 2.52 bits per heavy atom. The predicted octanol–water partition coefficient (Wildman–Crippen LogP) is 2.56. The van der Waals surface area contributed by atoms with Crippen LogP contribution in [0.15, 0.2) is 24.3 Å². The van der Waals surface area contributed by atoms with Crippen LogP contribution in [0.25, 0.3) is 0 Å². The maximum absolute atomic E-state index is 12.6. The van der Waals surface area contributed by atoms with E-state index in [1.54, 1.807) is 45.3 Å². The monoisotopic (exact) mass is 369 g/mol. The molecule has 1 aromatic heterocycles. The summed E-state index contributed by atoms with van der Waals surface area (Å²) in [6, 6.07) is 6.79. The van der Waals surface area contributed by atoms with Gasteiger partial charge in [-0.25, -0.2) is 0 Å². The maximum Gasteiger partial charge on any atom is 0.272 e. The fourth-order valence-electron chi connectivity index (χ4n) is 3.10. The highest BCUT2D eigenvalue weighted by Gasteiger charge is 2.26. The smallest absolute Gasteiger partial charge is 0.272 e. The van der Waals surface area contributed by atoms with Crippen LogP contribution in [0.5, 0.6) is 5.75 Å². The van der Waals surface area contributed by atoms with Gasteiger partial charge >= 0.3 is 0 Å². The van der Waals surface area contributed by atoms with Crippen molar-refractivity contribution in [3.63, 3.8) is 0 Å². The summed E-state index contributed by atoms with van der Waals surface area (Å²) in [4.78, 5) is 40.8. The number of anilines is 1. The van der Waals surface area contributed by atoms with Crippen LogP contribution >= 0.6 is 0 Å². The van der Waals surface area contributed by atoms with E-state index in [4.69, 9.17) is 4.74 Å². The highest BCUT2D eigenvalue weighted by Crippen LogP contribution is 2.27.